The monoisotopic (exact) mass is 426 g/mol. The van der Waals surface area contributed by atoms with Crippen molar-refractivity contribution in [3.8, 4) is 0 Å². The predicted octanol–water partition coefficient (Wildman–Crippen LogP) is 3.95. The predicted molar refractivity (Wildman–Crippen MR) is 101 cm³/mol. The van der Waals surface area contributed by atoms with Crippen LogP contribution in [-0.4, -0.2) is 31.9 Å². The number of alkyl halides is 3. The van der Waals surface area contributed by atoms with Crippen molar-refractivity contribution in [3.05, 3.63) is 76.9 Å². The quantitative estimate of drug-likeness (QED) is 0.560. The Labute approximate surface area is 165 Å². The number of halogens is 3. The van der Waals surface area contributed by atoms with Crippen molar-refractivity contribution in [2.24, 2.45) is 4.99 Å². The maximum Gasteiger partial charge on any atom is 0.534 e. The van der Waals surface area contributed by atoms with Crippen LogP contribution in [0.1, 0.15) is 17.0 Å². The summed E-state index contributed by atoms with van der Waals surface area (Å²) in [4.78, 5) is 6.95. The number of aliphatic imine (C=N–C) groups is 1. The zero-order valence-electron chi connectivity index (χ0n) is 15.2. The highest BCUT2D eigenvalue weighted by molar-refractivity contribution is 7.88. The molecule has 1 aliphatic heterocycles. The molecule has 0 fully saturated rings. The van der Waals surface area contributed by atoms with Crippen LogP contribution in [0.4, 0.5) is 13.2 Å². The van der Waals surface area contributed by atoms with Crippen LogP contribution in [0.5, 0.6) is 0 Å². The molecule has 0 atom stereocenters. The second-order valence-corrected chi connectivity index (χ2v) is 7.64. The lowest BCUT2D eigenvalue weighted by Gasteiger charge is -2.07. The highest BCUT2D eigenvalue weighted by Gasteiger charge is 2.49. The van der Waals surface area contributed by atoms with Gasteiger partial charge in [0.05, 0.1) is 7.11 Å². The standard InChI is InChI=1S/C19H17F3N2O4S/c1-27-17-12-18(28-29(25,26)19(20,21)22)24-16(17)11-15-10-9-14(23-15)8-7-13-5-3-2-4-6-13/h2-6,9-12,23H,7-8H2,1H3/b16-11-. The van der Waals surface area contributed by atoms with Crippen molar-refractivity contribution in [1.29, 1.82) is 0 Å². The van der Waals surface area contributed by atoms with Crippen molar-refractivity contribution < 1.29 is 30.5 Å². The molecule has 2 aromatic rings. The molecule has 0 amide bonds. The number of aryl methyl sites for hydroxylation is 2. The highest BCUT2D eigenvalue weighted by Crippen LogP contribution is 2.28. The zero-order chi connectivity index (χ0) is 21.1. The summed E-state index contributed by atoms with van der Waals surface area (Å²) in [6, 6.07) is 13.6. The number of hydrogen-bond donors (Lipinski definition) is 1. The normalized spacial score (nSPS) is 15.9. The van der Waals surface area contributed by atoms with E-state index in [1.807, 2.05) is 36.4 Å². The first-order chi connectivity index (χ1) is 13.7. The molecule has 10 heteroatoms. The minimum absolute atomic E-state index is 0.0813. The molecule has 0 aliphatic carbocycles. The molecule has 0 unspecified atom stereocenters. The van der Waals surface area contributed by atoms with Crippen molar-refractivity contribution in [1.82, 2.24) is 4.98 Å². The number of ether oxygens (including phenoxy) is 1. The van der Waals surface area contributed by atoms with Crippen LogP contribution in [-0.2, 0) is 31.9 Å². The van der Waals surface area contributed by atoms with Gasteiger partial charge in [0.1, 0.15) is 11.5 Å². The molecule has 2 heterocycles. The van der Waals surface area contributed by atoms with Gasteiger partial charge in [-0.25, -0.2) is 4.99 Å². The highest BCUT2D eigenvalue weighted by atomic mass is 32.2. The van der Waals surface area contributed by atoms with Gasteiger partial charge in [-0.15, -0.1) is 0 Å². The Kier molecular flexibility index (Phi) is 5.83. The summed E-state index contributed by atoms with van der Waals surface area (Å²) in [5, 5.41) is 0. The fraction of sp³-hybridized carbons (Fsp3) is 0.211. The topological polar surface area (TPSA) is 80.8 Å². The van der Waals surface area contributed by atoms with Gasteiger partial charge in [0.2, 0.25) is 5.90 Å². The van der Waals surface area contributed by atoms with Crippen LogP contribution < -0.4 is 0 Å². The third-order valence-electron chi connectivity index (χ3n) is 4.02. The van der Waals surface area contributed by atoms with E-state index in [0.717, 1.165) is 24.6 Å². The van der Waals surface area contributed by atoms with E-state index in [1.165, 1.54) is 18.7 Å². The smallest absolute Gasteiger partial charge is 0.494 e. The number of rotatable bonds is 6. The Morgan fingerprint density at radius 1 is 1.10 bits per heavy atom. The second-order valence-electron chi connectivity index (χ2n) is 6.10. The largest absolute Gasteiger partial charge is 0.534 e. The maximum absolute atomic E-state index is 12.5. The summed E-state index contributed by atoms with van der Waals surface area (Å²) in [6.45, 7) is 0. The van der Waals surface area contributed by atoms with E-state index in [9.17, 15) is 21.6 Å². The first-order valence-corrected chi connectivity index (χ1v) is 9.88. The maximum atomic E-state index is 12.5. The molecule has 1 aromatic heterocycles. The van der Waals surface area contributed by atoms with Gasteiger partial charge in [-0.3, -0.25) is 0 Å². The Balaban J connectivity index is 1.73. The van der Waals surface area contributed by atoms with E-state index >= 15 is 0 Å². The molecule has 3 rings (SSSR count). The van der Waals surface area contributed by atoms with Gasteiger partial charge in [0.25, 0.3) is 0 Å². The Hall–Kier alpha value is -3.01. The third-order valence-corrected chi connectivity index (χ3v) is 4.98. The Morgan fingerprint density at radius 2 is 1.83 bits per heavy atom. The van der Waals surface area contributed by atoms with Crippen molar-refractivity contribution in [2.75, 3.05) is 7.11 Å². The average Bonchev–Trinajstić information content (AvgIpc) is 3.26. The Morgan fingerprint density at radius 3 is 2.48 bits per heavy atom. The lowest BCUT2D eigenvalue weighted by Crippen LogP contribution is -2.27. The van der Waals surface area contributed by atoms with Gasteiger partial charge in [-0.1, -0.05) is 30.3 Å². The minimum atomic E-state index is -5.80. The van der Waals surface area contributed by atoms with E-state index in [-0.39, 0.29) is 11.5 Å². The van der Waals surface area contributed by atoms with Crippen LogP contribution in [0, 0.1) is 0 Å². The zero-order valence-corrected chi connectivity index (χ0v) is 16.0. The number of benzene rings is 1. The van der Waals surface area contributed by atoms with Gasteiger partial charge in [0.15, 0.2) is 0 Å². The van der Waals surface area contributed by atoms with Gasteiger partial charge in [-0.2, -0.15) is 21.6 Å². The van der Waals surface area contributed by atoms with Gasteiger partial charge in [0, 0.05) is 17.5 Å². The first kappa shape index (κ1) is 20.7. The average molecular weight is 426 g/mol. The summed E-state index contributed by atoms with van der Waals surface area (Å²) in [7, 11) is -4.52. The molecule has 154 valence electrons. The van der Waals surface area contributed by atoms with Gasteiger partial charge >= 0.3 is 15.6 Å². The molecule has 0 saturated carbocycles. The summed E-state index contributed by atoms with van der Waals surface area (Å²) >= 11 is 0. The number of nitrogens with one attached hydrogen (secondary N) is 1. The summed E-state index contributed by atoms with van der Waals surface area (Å²) in [5.74, 6) is -0.640. The SMILES string of the molecule is COC1=CC(OS(=O)(=O)C(F)(F)F)=N/C1=C\c1ccc(CCc2ccccc2)[nH]1. The van der Waals surface area contributed by atoms with Crippen LogP contribution in [0.2, 0.25) is 0 Å². The summed E-state index contributed by atoms with van der Waals surface area (Å²) in [6.07, 6.45) is 4.11. The lowest BCUT2D eigenvalue weighted by molar-refractivity contribution is -0.0504. The van der Waals surface area contributed by atoms with Crippen molar-refractivity contribution in [2.45, 2.75) is 18.3 Å². The second kappa shape index (κ2) is 8.16. The molecule has 1 aromatic carbocycles. The fourth-order valence-corrected chi connectivity index (χ4v) is 3.03. The lowest BCUT2D eigenvalue weighted by atomic mass is 10.1. The van der Waals surface area contributed by atoms with E-state index in [1.54, 1.807) is 6.07 Å². The molecular weight excluding hydrogens is 409 g/mol. The van der Waals surface area contributed by atoms with E-state index < -0.39 is 21.5 Å². The van der Waals surface area contributed by atoms with E-state index in [0.29, 0.717) is 5.69 Å². The molecule has 1 N–H and O–H groups in total. The number of hydrogen-bond acceptors (Lipinski definition) is 5. The van der Waals surface area contributed by atoms with Crippen LogP contribution >= 0.6 is 0 Å². The molecule has 6 nitrogen and oxygen atoms in total. The van der Waals surface area contributed by atoms with Gasteiger partial charge in [-0.05, 0) is 36.6 Å². The Bertz CT molecular complexity index is 1070. The molecule has 0 bridgehead atoms. The number of aromatic nitrogens is 1. The first-order valence-electron chi connectivity index (χ1n) is 8.47. The molecule has 0 spiro atoms. The van der Waals surface area contributed by atoms with E-state index in [2.05, 4.69) is 14.2 Å². The van der Waals surface area contributed by atoms with Gasteiger partial charge < -0.3 is 13.9 Å². The third kappa shape index (κ3) is 5.08. The molecule has 0 saturated heterocycles. The number of aromatic amines is 1. The number of H-pyrrole nitrogens is 1. The fourth-order valence-electron chi connectivity index (χ4n) is 2.62. The number of methoxy groups -OCH3 is 1. The summed E-state index contributed by atoms with van der Waals surface area (Å²) < 4.78 is 68.8. The summed E-state index contributed by atoms with van der Waals surface area (Å²) in [5.41, 5.74) is -2.62. The number of nitrogens with zero attached hydrogens (tertiary/aromatic N) is 1. The molecule has 1 aliphatic rings. The van der Waals surface area contributed by atoms with Crippen molar-refractivity contribution >= 4 is 22.1 Å². The molecule has 0 radical (unpaired) electrons. The van der Waals surface area contributed by atoms with Crippen molar-refractivity contribution in [3.63, 3.8) is 0 Å². The van der Waals surface area contributed by atoms with E-state index in [4.69, 9.17) is 4.74 Å². The van der Waals surface area contributed by atoms with Crippen LogP contribution in [0.15, 0.2) is 65.0 Å². The minimum Gasteiger partial charge on any atom is -0.494 e. The van der Waals surface area contributed by atoms with Crippen LogP contribution in [0.25, 0.3) is 6.08 Å². The van der Waals surface area contributed by atoms with Crippen LogP contribution in [0.3, 0.4) is 0 Å². The molecular formula is C19H17F3N2O4S. The molecule has 29 heavy (non-hydrogen) atoms.